The van der Waals surface area contributed by atoms with Gasteiger partial charge in [0, 0.05) is 6.42 Å². The molecule has 2 aromatic carbocycles. The van der Waals surface area contributed by atoms with Crippen molar-refractivity contribution in [1.29, 1.82) is 0 Å². The molecule has 3 rings (SSSR count). The van der Waals surface area contributed by atoms with Crippen molar-refractivity contribution < 1.29 is 18.7 Å². The predicted molar refractivity (Wildman–Crippen MR) is 87.5 cm³/mol. The Morgan fingerprint density at radius 3 is 2.56 bits per heavy atom. The lowest BCUT2D eigenvalue weighted by atomic mass is 10.1. The number of carboxylic acids is 1. The number of benzene rings is 2. The number of halogens is 2. The van der Waals surface area contributed by atoms with Crippen molar-refractivity contribution in [2.75, 3.05) is 0 Å². The zero-order valence-electron chi connectivity index (χ0n) is 13.1. The molecule has 1 heterocycles. The van der Waals surface area contributed by atoms with Gasteiger partial charge in [-0.2, -0.15) is 0 Å². The first-order valence-corrected chi connectivity index (χ1v) is 7.61. The number of aliphatic carboxylic acids is 1. The quantitative estimate of drug-likeness (QED) is 0.745. The molecule has 3 aromatic rings. The standard InChI is InChI=1S/C18H14F2N2O3/c19-12-5-1-3-10(17(12)20)7-8-14-21-13-6-2-4-11(9-15(23)24)16(13)18(25)22-14/h1-6H,7-9H2,(H,23,24)(H,21,22,25). The van der Waals surface area contributed by atoms with Crippen LogP contribution in [0, 0.1) is 11.6 Å². The van der Waals surface area contributed by atoms with Gasteiger partial charge in [0.2, 0.25) is 0 Å². The molecule has 5 nitrogen and oxygen atoms in total. The first-order chi connectivity index (χ1) is 12.0. The van der Waals surface area contributed by atoms with Crippen LogP contribution in [0.3, 0.4) is 0 Å². The minimum atomic E-state index is -1.04. The molecule has 0 aliphatic carbocycles. The number of aromatic amines is 1. The lowest BCUT2D eigenvalue weighted by Crippen LogP contribution is -2.15. The Labute approximate surface area is 141 Å². The molecule has 2 N–H and O–H groups in total. The SMILES string of the molecule is O=C(O)Cc1cccc2nc(CCc3cccc(F)c3F)[nH]c(=O)c12. The number of fused-ring (bicyclic) bond motifs is 1. The largest absolute Gasteiger partial charge is 0.481 e. The molecule has 25 heavy (non-hydrogen) atoms. The van der Waals surface area contributed by atoms with Crippen LogP contribution in [0.2, 0.25) is 0 Å². The molecule has 0 spiro atoms. The van der Waals surface area contributed by atoms with Crippen LogP contribution in [0.4, 0.5) is 8.78 Å². The van der Waals surface area contributed by atoms with Crippen LogP contribution in [0.25, 0.3) is 10.9 Å². The molecule has 0 unspecified atom stereocenters. The Morgan fingerprint density at radius 2 is 1.80 bits per heavy atom. The highest BCUT2D eigenvalue weighted by Gasteiger charge is 2.12. The number of aromatic nitrogens is 2. The summed E-state index contributed by atoms with van der Waals surface area (Å²) < 4.78 is 26.9. The van der Waals surface area contributed by atoms with E-state index >= 15 is 0 Å². The van der Waals surface area contributed by atoms with Crippen molar-refractivity contribution in [2.24, 2.45) is 0 Å². The molecule has 0 radical (unpaired) electrons. The van der Waals surface area contributed by atoms with E-state index in [1.54, 1.807) is 18.2 Å². The second kappa shape index (κ2) is 6.80. The molecule has 0 aliphatic heterocycles. The van der Waals surface area contributed by atoms with Crippen LogP contribution in [0.1, 0.15) is 17.0 Å². The summed E-state index contributed by atoms with van der Waals surface area (Å²) >= 11 is 0. The molecule has 0 aliphatic rings. The first kappa shape index (κ1) is 16.8. The fraction of sp³-hybridized carbons (Fsp3) is 0.167. The van der Waals surface area contributed by atoms with E-state index in [2.05, 4.69) is 9.97 Å². The summed E-state index contributed by atoms with van der Waals surface area (Å²) in [4.78, 5) is 30.1. The summed E-state index contributed by atoms with van der Waals surface area (Å²) in [6.07, 6.45) is 0.109. The fourth-order valence-corrected chi connectivity index (χ4v) is 2.73. The van der Waals surface area contributed by atoms with E-state index in [1.807, 2.05) is 0 Å². The highest BCUT2D eigenvalue weighted by atomic mass is 19.2. The van der Waals surface area contributed by atoms with Crippen LogP contribution in [0.15, 0.2) is 41.2 Å². The molecule has 0 amide bonds. The Balaban J connectivity index is 1.92. The summed E-state index contributed by atoms with van der Waals surface area (Å²) in [5.74, 6) is -2.55. The maximum Gasteiger partial charge on any atom is 0.307 e. The lowest BCUT2D eigenvalue weighted by molar-refractivity contribution is -0.136. The van der Waals surface area contributed by atoms with Crippen LogP contribution >= 0.6 is 0 Å². The average molecular weight is 344 g/mol. The number of H-pyrrole nitrogens is 1. The highest BCUT2D eigenvalue weighted by molar-refractivity contribution is 5.85. The average Bonchev–Trinajstić information content (AvgIpc) is 2.55. The molecule has 128 valence electrons. The number of nitrogens with zero attached hydrogens (tertiary/aromatic N) is 1. The Hall–Kier alpha value is -3.09. The smallest absolute Gasteiger partial charge is 0.307 e. The molecular formula is C18H14F2N2O3. The summed E-state index contributed by atoms with van der Waals surface area (Å²) in [5, 5.41) is 9.16. The van der Waals surface area contributed by atoms with Gasteiger partial charge in [0.1, 0.15) is 5.82 Å². The van der Waals surface area contributed by atoms with E-state index in [-0.39, 0.29) is 30.2 Å². The number of nitrogens with one attached hydrogen (secondary N) is 1. The Kier molecular flexibility index (Phi) is 4.56. The van der Waals surface area contributed by atoms with Crippen molar-refractivity contribution in [1.82, 2.24) is 9.97 Å². The van der Waals surface area contributed by atoms with Crippen LogP contribution in [-0.2, 0) is 24.1 Å². The van der Waals surface area contributed by atoms with Crippen LogP contribution in [0.5, 0.6) is 0 Å². The zero-order chi connectivity index (χ0) is 18.0. The van der Waals surface area contributed by atoms with Gasteiger partial charge in [-0.05, 0) is 29.7 Å². The summed E-state index contributed by atoms with van der Waals surface area (Å²) in [7, 11) is 0. The third kappa shape index (κ3) is 3.55. The van der Waals surface area contributed by atoms with E-state index in [1.165, 1.54) is 12.1 Å². The van der Waals surface area contributed by atoms with Crippen molar-refractivity contribution in [3.63, 3.8) is 0 Å². The monoisotopic (exact) mass is 344 g/mol. The van der Waals surface area contributed by atoms with E-state index < -0.39 is 23.2 Å². The number of hydrogen-bond acceptors (Lipinski definition) is 3. The minimum absolute atomic E-state index is 0.173. The fourth-order valence-electron chi connectivity index (χ4n) is 2.73. The summed E-state index contributed by atoms with van der Waals surface area (Å²) in [5.41, 5.74) is 0.498. The van der Waals surface area contributed by atoms with E-state index in [9.17, 15) is 18.4 Å². The van der Waals surface area contributed by atoms with Crippen molar-refractivity contribution in [3.05, 3.63) is 75.3 Å². The van der Waals surface area contributed by atoms with E-state index in [4.69, 9.17) is 5.11 Å². The molecule has 0 saturated heterocycles. The molecule has 0 atom stereocenters. The summed E-state index contributed by atoms with van der Waals surface area (Å²) in [6, 6.07) is 8.74. The minimum Gasteiger partial charge on any atom is -0.481 e. The van der Waals surface area contributed by atoms with E-state index in [0.717, 1.165) is 6.07 Å². The van der Waals surface area contributed by atoms with Gasteiger partial charge in [0.25, 0.3) is 5.56 Å². The van der Waals surface area contributed by atoms with Gasteiger partial charge in [0.05, 0.1) is 17.3 Å². The van der Waals surface area contributed by atoms with Crippen molar-refractivity contribution in [2.45, 2.75) is 19.3 Å². The summed E-state index contributed by atoms with van der Waals surface area (Å²) in [6.45, 7) is 0. The number of carboxylic acid groups (broad SMARTS) is 1. The molecule has 0 bridgehead atoms. The van der Waals surface area contributed by atoms with Gasteiger partial charge in [-0.25, -0.2) is 13.8 Å². The number of carbonyl (C=O) groups is 1. The molecular weight excluding hydrogens is 330 g/mol. The van der Waals surface area contributed by atoms with Crippen LogP contribution in [-0.4, -0.2) is 21.0 Å². The zero-order valence-corrected chi connectivity index (χ0v) is 13.1. The second-order valence-electron chi connectivity index (χ2n) is 5.61. The number of aryl methyl sites for hydroxylation is 2. The normalized spacial score (nSPS) is 11.0. The molecule has 0 fully saturated rings. The molecule has 7 heteroatoms. The maximum absolute atomic E-state index is 13.7. The topological polar surface area (TPSA) is 83.0 Å². The van der Waals surface area contributed by atoms with Crippen LogP contribution < -0.4 is 5.56 Å². The highest BCUT2D eigenvalue weighted by Crippen LogP contribution is 2.16. The Morgan fingerprint density at radius 1 is 1.08 bits per heavy atom. The number of rotatable bonds is 5. The molecule has 1 aromatic heterocycles. The predicted octanol–water partition coefficient (Wildman–Crippen LogP) is 2.61. The maximum atomic E-state index is 13.7. The number of hydrogen-bond donors (Lipinski definition) is 2. The van der Waals surface area contributed by atoms with Gasteiger partial charge in [-0.15, -0.1) is 0 Å². The van der Waals surface area contributed by atoms with Gasteiger partial charge in [0.15, 0.2) is 11.6 Å². The van der Waals surface area contributed by atoms with Gasteiger partial charge in [-0.3, -0.25) is 9.59 Å². The first-order valence-electron chi connectivity index (χ1n) is 7.61. The lowest BCUT2D eigenvalue weighted by Gasteiger charge is -2.07. The third-order valence-electron chi connectivity index (χ3n) is 3.87. The Bertz CT molecular complexity index is 1010. The third-order valence-corrected chi connectivity index (χ3v) is 3.87. The van der Waals surface area contributed by atoms with E-state index in [0.29, 0.717) is 16.9 Å². The van der Waals surface area contributed by atoms with Gasteiger partial charge < -0.3 is 10.1 Å². The van der Waals surface area contributed by atoms with Gasteiger partial charge in [-0.1, -0.05) is 24.3 Å². The molecule has 0 saturated carbocycles. The van der Waals surface area contributed by atoms with Crippen molar-refractivity contribution >= 4 is 16.9 Å². The van der Waals surface area contributed by atoms with Gasteiger partial charge >= 0.3 is 5.97 Å². The second-order valence-corrected chi connectivity index (χ2v) is 5.61. The van der Waals surface area contributed by atoms with Crippen molar-refractivity contribution in [3.8, 4) is 0 Å².